The van der Waals surface area contributed by atoms with Gasteiger partial charge in [-0.2, -0.15) is 14.7 Å². The second-order valence-corrected chi connectivity index (χ2v) is 4.02. The van der Waals surface area contributed by atoms with Crippen LogP contribution >= 0.6 is 7.94 Å². The van der Waals surface area contributed by atoms with Gasteiger partial charge in [0.25, 0.3) is 0 Å². The highest BCUT2D eigenvalue weighted by molar-refractivity contribution is 7.76. The standard InChI is InChI=1S/C6H6NO6P/c8-5(9)4-1-3(2-7-4)6(10)14(11,12)13/h1-2,11-13H,(H-,7,8,9,10)/p+1. The van der Waals surface area contributed by atoms with Gasteiger partial charge in [-0.05, 0) is 6.07 Å². The number of carboxylic acids is 1. The van der Waals surface area contributed by atoms with Crippen LogP contribution in [0.5, 0.6) is 0 Å². The first-order valence-corrected chi connectivity index (χ1v) is 5.01. The molecule has 0 saturated carbocycles. The van der Waals surface area contributed by atoms with Gasteiger partial charge in [0.15, 0.2) is 0 Å². The van der Waals surface area contributed by atoms with E-state index in [1.165, 1.54) is 0 Å². The molecule has 0 bridgehead atoms. The van der Waals surface area contributed by atoms with Crippen molar-refractivity contribution in [2.45, 2.75) is 0 Å². The molecule has 0 aliphatic carbocycles. The molecule has 8 heteroatoms. The third-order valence-electron chi connectivity index (χ3n) is 1.43. The highest BCUT2D eigenvalue weighted by Gasteiger charge is 2.44. The van der Waals surface area contributed by atoms with Crippen molar-refractivity contribution in [3.63, 3.8) is 0 Å². The molecule has 1 aromatic heterocycles. The fourth-order valence-corrected chi connectivity index (χ4v) is 1.29. The average molecular weight is 220 g/mol. The molecule has 0 radical (unpaired) electrons. The molecule has 1 aromatic rings. The summed E-state index contributed by atoms with van der Waals surface area (Å²) in [7, 11) is -4.60. The van der Waals surface area contributed by atoms with E-state index in [4.69, 9.17) is 19.8 Å². The molecular weight excluding hydrogens is 213 g/mol. The third-order valence-corrected chi connectivity index (χ3v) is 2.24. The SMILES string of the molecule is O=C(O)c1cc(C(=O)[P+](O)(O)O)c[nH]1. The predicted octanol–water partition coefficient (Wildman–Crippen LogP) is -0.407. The number of aromatic amines is 1. The second kappa shape index (κ2) is 3.47. The Morgan fingerprint density at radius 3 is 2.21 bits per heavy atom. The normalized spacial score (nSPS) is 11.4. The van der Waals surface area contributed by atoms with Gasteiger partial charge >= 0.3 is 19.4 Å². The smallest absolute Gasteiger partial charge is 0.477 e. The summed E-state index contributed by atoms with van der Waals surface area (Å²) >= 11 is 0. The van der Waals surface area contributed by atoms with Crippen molar-refractivity contribution in [2.24, 2.45) is 0 Å². The number of hydrogen-bond donors (Lipinski definition) is 5. The molecule has 0 aromatic carbocycles. The molecule has 76 valence electrons. The van der Waals surface area contributed by atoms with Crippen LogP contribution in [0.25, 0.3) is 0 Å². The van der Waals surface area contributed by atoms with E-state index in [9.17, 15) is 9.59 Å². The van der Waals surface area contributed by atoms with Gasteiger partial charge in [-0.1, -0.05) is 0 Å². The molecular formula is C6H7NO6P+. The fraction of sp³-hybridized carbons (Fsp3) is 0. The molecule has 0 aliphatic rings. The Morgan fingerprint density at radius 2 is 1.86 bits per heavy atom. The van der Waals surface area contributed by atoms with Crippen LogP contribution in [0.4, 0.5) is 0 Å². The average Bonchev–Trinajstić information content (AvgIpc) is 2.48. The topological polar surface area (TPSA) is 131 Å². The number of carbonyl (C=O) groups is 2. The molecule has 0 aliphatic heterocycles. The first-order valence-electron chi connectivity index (χ1n) is 3.36. The lowest BCUT2D eigenvalue weighted by Crippen LogP contribution is -2.04. The van der Waals surface area contributed by atoms with E-state index in [1.807, 2.05) is 0 Å². The number of aromatic nitrogens is 1. The van der Waals surface area contributed by atoms with Crippen LogP contribution in [0.1, 0.15) is 20.8 Å². The lowest BCUT2D eigenvalue weighted by atomic mass is 10.3. The van der Waals surface area contributed by atoms with Crippen molar-refractivity contribution < 1.29 is 29.4 Å². The van der Waals surface area contributed by atoms with Gasteiger partial charge < -0.3 is 10.1 Å². The van der Waals surface area contributed by atoms with Crippen molar-refractivity contribution in [1.82, 2.24) is 4.98 Å². The summed E-state index contributed by atoms with van der Waals surface area (Å²) in [6.07, 6.45) is 0.975. The van der Waals surface area contributed by atoms with Crippen LogP contribution in [-0.4, -0.2) is 36.3 Å². The van der Waals surface area contributed by atoms with Gasteiger partial charge in [-0.15, -0.1) is 0 Å². The minimum absolute atomic E-state index is 0.276. The Labute approximate surface area is 78.2 Å². The van der Waals surface area contributed by atoms with E-state index in [1.54, 1.807) is 0 Å². The third kappa shape index (κ3) is 2.15. The van der Waals surface area contributed by atoms with Crippen LogP contribution < -0.4 is 0 Å². The van der Waals surface area contributed by atoms with E-state index >= 15 is 0 Å². The molecule has 0 amide bonds. The second-order valence-electron chi connectivity index (χ2n) is 2.48. The summed E-state index contributed by atoms with van der Waals surface area (Å²) in [6, 6.07) is 0.905. The highest BCUT2D eigenvalue weighted by atomic mass is 31.2. The van der Waals surface area contributed by atoms with E-state index in [-0.39, 0.29) is 11.3 Å². The number of rotatable bonds is 3. The molecule has 14 heavy (non-hydrogen) atoms. The number of H-pyrrole nitrogens is 1. The molecule has 1 heterocycles. The Hall–Kier alpha value is -1.27. The van der Waals surface area contributed by atoms with Crippen molar-refractivity contribution in [1.29, 1.82) is 0 Å². The van der Waals surface area contributed by atoms with E-state index in [0.717, 1.165) is 12.3 Å². The van der Waals surface area contributed by atoms with Crippen LogP contribution in [0.3, 0.4) is 0 Å². The van der Waals surface area contributed by atoms with Gasteiger partial charge in [-0.25, -0.2) is 9.59 Å². The molecule has 0 atom stereocenters. The maximum absolute atomic E-state index is 11.0. The minimum atomic E-state index is -4.60. The van der Waals surface area contributed by atoms with Crippen molar-refractivity contribution >= 4 is 19.4 Å². The Kier molecular flexibility index (Phi) is 2.68. The molecule has 5 N–H and O–H groups in total. The summed E-state index contributed by atoms with van der Waals surface area (Å²) in [5.74, 6) is -1.29. The monoisotopic (exact) mass is 220 g/mol. The number of carbonyl (C=O) groups excluding carboxylic acids is 1. The lowest BCUT2D eigenvalue weighted by Gasteiger charge is -1.97. The summed E-state index contributed by atoms with van der Waals surface area (Å²) < 4.78 is 0. The first-order chi connectivity index (χ1) is 6.32. The van der Waals surface area contributed by atoms with Crippen LogP contribution in [0.2, 0.25) is 0 Å². The molecule has 0 fully saturated rings. The molecule has 0 unspecified atom stereocenters. The van der Waals surface area contributed by atoms with Gasteiger partial charge in [0.1, 0.15) is 5.69 Å². The van der Waals surface area contributed by atoms with Gasteiger partial charge in [-0.3, -0.25) is 0 Å². The molecule has 0 spiro atoms. The Morgan fingerprint density at radius 1 is 1.29 bits per heavy atom. The zero-order valence-corrected chi connectivity index (χ0v) is 7.60. The number of aromatic carboxylic acids is 1. The number of hydrogen-bond acceptors (Lipinski definition) is 5. The van der Waals surface area contributed by atoms with Gasteiger partial charge in [0.2, 0.25) is 0 Å². The van der Waals surface area contributed by atoms with E-state index in [2.05, 4.69) is 4.98 Å². The maximum Gasteiger partial charge on any atom is 0.483 e. The highest BCUT2D eigenvalue weighted by Crippen LogP contribution is 2.47. The molecule has 1 rings (SSSR count). The number of carboxylic acid groups (broad SMARTS) is 1. The van der Waals surface area contributed by atoms with Gasteiger partial charge in [0, 0.05) is 6.20 Å². The first kappa shape index (κ1) is 10.8. The maximum atomic E-state index is 11.0. The summed E-state index contributed by atoms with van der Waals surface area (Å²) in [6.45, 7) is 0. The molecule has 0 saturated heterocycles. The minimum Gasteiger partial charge on any atom is -0.477 e. The zero-order valence-electron chi connectivity index (χ0n) is 6.71. The van der Waals surface area contributed by atoms with Crippen LogP contribution in [0, 0.1) is 0 Å². The zero-order chi connectivity index (χ0) is 10.9. The van der Waals surface area contributed by atoms with E-state index in [0.29, 0.717) is 0 Å². The van der Waals surface area contributed by atoms with Crippen molar-refractivity contribution in [3.8, 4) is 0 Å². The van der Waals surface area contributed by atoms with Crippen molar-refractivity contribution in [2.75, 3.05) is 0 Å². The lowest BCUT2D eigenvalue weighted by molar-refractivity contribution is 0.0691. The number of nitrogens with one attached hydrogen (secondary N) is 1. The van der Waals surface area contributed by atoms with Crippen LogP contribution in [-0.2, 0) is 0 Å². The Bertz CT molecular complexity index is 378. The fourth-order valence-electron chi connectivity index (χ4n) is 0.814. The van der Waals surface area contributed by atoms with Gasteiger partial charge in [0.05, 0.1) is 5.56 Å². The predicted molar refractivity (Wildman–Crippen MR) is 45.7 cm³/mol. The summed E-state index contributed by atoms with van der Waals surface area (Å²) in [5.41, 5.74) is -1.86. The Balaban J connectivity index is 2.99. The molecule has 7 nitrogen and oxygen atoms in total. The van der Waals surface area contributed by atoms with E-state index < -0.39 is 19.4 Å². The van der Waals surface area contributed by atoms with Crippen LogP contribution in [0.15, 0.2) is 12.3 Å². The quantitative estimate of drug-likeness (QED) is 0.440. The van der Waals surface area contributed by atoms with Crippen molar-refractivity contribution in [3.05, 3.63) is 23.5 Å². The summed E-state index contributed by atoms with van der Waals surface area (Å²) in [4.78, 5) is 49.4. The summed E-state index contributed by atoms with van der Waals surface area (Å²) in [5, 5.41) is 8.46. The largest absolute Gasteiger partial charge is 0.483 e.